The van der Waals surface area contributed by atoms with Gasteiger partial charge in [0.1, 0.15) is 0 Å². The highest BCUT2D eigenvalue weighted by Crippen LogP contribution is 2.42. The molecule has 19 heavy (non-hydrogen) atoms. The van der Waals surface area contributed by atoms with Gasteiger partial charge in [0.15, 0.2) is 5.17 Å². The fourth-order valence-corrected chi connectivity index (χ4v) is 3.81. The number of thioether (sulfide) groups is 1. The second-order valence-electron chi connectivity index (χ2n) is 4.94. The number of aliphatic imine (C=N–C) groups is 1. The van der Waals surface area contributed by atoms with Crippen LogP contribution in [0.5, 0.6) is 0 Å². The van der Waals surface area contributed by atoms with Gasteiger partial charge in [-0.05, 0) is 35.9 Å². The third kappa shape index (κ3) is 1.94. The van der Waals surface area contributed by atoms with Gasteiger partial charge in [0.2, 0.25) is 0 Å². The third-order valence-electron chi connectivity index (χ3n) is 3.59. The second-order valence-corrected chi connectivity index (χ2v) is 5.94. The molecule has 0 N–H and O–H groups in total. The predicted octanol–water partition coefficient (Wildman–Crippen LogP) is 3.58. The van der Waals surface area contributed by atoms with E-state index in [-0.39, 0.29) is 0 Å². The normalized spacial score (nSPS) is 20.1. The van der Waals surface area contributed by atoms with Crippen molar-refractivity contribution in [2.45, 2.75) is 17.4 Å². The third-order valence-corrected chi connectivity index (χ3v) is 4.66. The van der Waals surface area contributed by atoms with Crippen LogP contribution in [0.25, 0.3) is 0 Å². The Bertz CT molecular complexity index is 636. The van der Waals surface area contributed by atoms with Gasteiger partial charge < -0.3 is 4.90 Å². The molecule has 2 aromatic carbocycles. The van der Waals surface area contributed by atoms with Gasteiger partial charge in [-0.25, -0.2) is 0 Å². The van der Waals surface area contributed by atoms with Crippen LogP contribution in [0.1, 0.15) is 5.56 Å². The van der Waals surface area contributed by atoms with Crippen molar-refractivity contribution < 1.29 is 0 Å². The molecule has 0 fully saturated rings. The number of fused-ring (bicyclic) bond motifs is 3. The van der Waals surface area contributed by atoms with Gasteiger partial charge in [-0.15, -0.1) is 0 Å². The molecule has 0 aliphatic carbocycles. The van der Waals surface area contributed by atoms with E-state index in [9.17, 15) is 0 Å². The first-order valence-corrected chi connectivity index (χ1v) is 7.38. The van der Waals surface area contributed by atoms with Crippen molar-refractivity contribution in [3.63, 3.8) is 0 Å². The first-order valence-electron chi connectivity index (χ1n) is 6.56. The number of rotatable bonds is 2. The molecule has 0 spiro atoms. The van der Waals surface area contributed by atoms with E-state index in [1.165, 1.54) is 21.3 Å². The Balaban J connectivity index is 1.55. The molecular weight excluding hydrogens is 252 g/mol. The minimum atomic E-state index is 0.387. The zero-order valence-electron chi connectivity index (χ0n) is 10.5. The van der Waals surface area contributed by atoms with E-state index in [4.69, 9.17) is 4.99 Å². The maximum Gasteiger partial charge on any atom is 0.169 e. The molecule has 0 unspecified atom stereocenters. The van der Waals surface area contributed by atoms with Crippen LogP contribution in [0.3, 0.4) is 0 Å². The summed E-state index contributed by atoms with van der Waals surface area (Å²) in [6.45, 7) is 1.01. The zero-order chi connectivity index (χ0) is 12.7. The van der Waals surface area contributed by atoms with Crippen molar-refractivity contribution in [3.05, 3.63) is 60.2 Å². The average molecular weight is 266 g/mol. The van der Waals surface area contributed by atoms with Crippen LogP contribution in [0.4, 0.5) is 5.69 Å². The molecule has 2 heterocycles. The van der Waals surface area contributed by atoms with Crippen LogP contribution in [-0.4, -0.2) is 17.8 Å². The summed E-state index contributed by atoms with van der Waals surface area (Å²) in [6.07, 6.45) is 1.03. The summed E-state index contributed by atoms with van der Waals surface area (Å²) in [5.74, 6) is 0. The summed E-state index contributed by atoms with van der Waals surface area (Å²) in [6, 6.07) is 19.6. The maximum atomic E-state index is 4.87. The van der Waals surface area contributed by atoms with Gasteiger partial charge >= 0.3 is 0 Å². The predicted molar refractivity (Wildman–Crippen MR) is 81.0 cm³/mol. The number of nitrogens with zero attached hydrogens (tertiary/aromatic N) is 2. The molecule has 1 atom stereocenters. The lowest BCUT2D eigenvalue weighted by Crippen LogP contribution is -2.25. The highest BCUT2D eigenvalue weighted by Gasteiger charge is 2.33. The number of hydrogen-bond donors (Lipinski definition) is 0. The minimum absolute atomic E-state index is 0.387. The smallest absolute Gasteiger partial charge is 0.169 e. The molecule has 3 heteroatoms. The second kappa shape index (κ2) is 4.42. The summed E-state index contributed by atoms with van der Waals surface area (Å²) < 4.78 is 0. The van der Waals surface area contributed by atoms with Crippen molar-refractivity contribution in [1.82, 2.24) is 0 Å². The topological polar surface area (TPSA) is 15.6 Å². The van der Waals surface area contributed by atoms with Crippen LogP contribution in [0.15, 0.2) is 64.5 Å². The highest BCUT2D eigenvalue weighted by atomic mass is 32.2. The summed E-state index contributed by atoms with van der Waals surface area (Å²) >= 11 is 1.80. The van der Waals surface area contributed by atoms with Gasteiger partial charge in [-0.2, -0.15) is 0 Å². The Labute approximate surface area is 117 Å². The number of anilines is 1. The molecule has 0 saturated carbocycles. The first kappa shape index (κ1) is 11.1. The van der Waals surface area contributed by atoms with Crippen LogP contribution in [0.2, 0.25) is 0 Å². The Morgan fingerprint density at radius 2 is 1.84 bits per heavy atom. The number of amidine groups is 1. The average Bonchev–Trinajstić information content (AvgIpc) is 2.97. The molecule has 4 rings (SSSR count). The fraction of sp³-hybridized carbons (Fsp3) is 0.188. The van der Waals surface area contributed by atoms with Gasteiger partial charge in [0, 0.05) is 11.4 Å². The zero-order valence-corrected chi connectivity index (χ0v) is 11.3. The standard InChI is InChI=1S/C16H14N2S/c1-2-6-12(7-3-1)10-13-11-18-14-8-4-5-9-15(14)19-16(18)17-13/h1-9,13H,10-11H2/t13-/m1/s1. The highest BCUT2D eigenvalue weighted by molar-refractivity contribution is 8.14. The minimum Gasteiger partial charge on any atom is -0.318 e. The Hall–Kier alpha value is -1.74. The van der Waals surface area contributed by atoms with Crippen molar-refractivity contribution in [2.75, 3.05) is 11.4 Å². The summed E-state index contributed by atoms with van der Waals surface area (Å²) in [5, 5.41) is 1.17. The van der Waals surface area contributed by atoms with Crippen LogP contribution in [-0.2, 0) is 6.42 Å². The molecule has 2 aromatic rings. The van der Waals surface area contributed by atoms with Gasteiger partial charge in [0.25, 0.3) is 0 Å². The van der Waals surface area contributed by atoms with E-state index in [0.29, 0.717) is 6.04 Å². The molecule has 0 saturated heterocycles. The van der Waals surface area contributed by atoms with Crippen LogP contribution < -0.4 is 4.90 Å². The van der Waals surface area contributed by atoms with Crippen molar-refractivity contribution in [3.8, 4) is 0 Å². The van der Waals surface area contributed by atoms with E-state index in [2.05, 4.69) is 59.5 Å². The molecule has 0 aromatic heterocycles. The molecule has 2 nitrogen and oxygen atoms in total. The molecular formula is C16H14N2S. The summed E-state index contributed by atoms with van der Waals surface area (Å²) in [5.41, 5.74) is 2.69. The summed E-state index contributed by atoms with van der Waals surface area (Å²) in [4.78, 5) is 8.55. The SMILES string of the molecule is c1ccc(C[C@@H]2CN3C(=N2)Sc2ccccc23)cc1. The molecule has 2 aliphatic rings. The van der Waals surface area contributed by atoms with Crippen LogP contribution in [0, 0.1) is 0 Å². The first-order chi connectivity index (χ1) is 9.40. The molecule has 0 radical (unpaired) electrons. The molecule has 0 bridgehead atoms. The van der Waals surface area contributed by atoms with E-state index in [0.717, 1.165) is 13.0 Å². The Kier molecular flexibility index (Phi) is 2.59. The number of benzene rings is 2. The lowest BCUT2D eigenvalue weighted by Gasteiger charge is -2.14. The van der Waals surface area contributed by atoms with Crippen molar-refractivity contribution in [2.24, 2.45) is 4.99 Å². The lowest BCUT2D eigenvalue weighted by atomic mass is 10.1. The van der Waals surface area contributed by atoms with Gasteiger partial charge in [-0.3, -0.25) is 4.99 Å². The van der Waals surface area contributed by atoms with Gasteiger partial charge in [0.05, 0.1) is 11.7 Å². The fourth-order valence-electron chi connectivity index (χ4n) is 2.70. The number of para-hydroxylation sites is 1. The molecule has 0 amide bonds. The van der Waals surface area contributed by atoms with Crippen molar-refractivity contribution in [1.29, 1.82) is 0 Å². The molecule has 94 valence electrons. The largest absolute Gasteiger partial charge is 0.318 e. The monoisotopic (exact) mass is 266 g/mol. The van der Waals surface area contributed by atoms with Crippen molar-refractivity contribution >= 4 is 22.6 Å². The quantitative estimate of drug-likeness (QED) is 0.825. The number of hydrogen-bond acceptors (Lipinski definition) is 3. The van der Waals surface area contributed by atoms with E-state index in [1.807, 2.05) is 0 Å². The van der Waals surface area contributed by atoms with E-state index in [1.54, 1.807) is 11.8 Å². The summed E-state index contributed by atoms with van der Waals surface area (Å²) in [7, 11) is 0. The molecule has 2 aliphatic heterocycles. The van der Waals surface area contributed by atoms with E-state index < -0.39 is 0 Å². The lowest BCUT2D eigenvalue weighted by molar-refractivity contribution is 0.712. The maximum absolute atomic E-state index is 4.87. The van der Waals surface area contributed by atoms with Crippen LogP contribution >= 0.6 is 11.8 Å². The Morgan fingerprint density at radius 1 is 1.05 bits per heavy atom. The van der Waals surface area contributed by atoms with Gasteiger partial charge in [-0.1, -0.05) is 42.5 Å². The Morgan fingerprint density at radius 3 is 2.74 bits per heavy atom. The van der Waals surface area contributed by atoms with E-state index >= 15 is 0 Å².